The first kappa shape index (κ1) is 23.5. The van der Waals surface area contributed by atoms with Gasteiger partial charge in [0.05, 0.1) is 11.4 Å². The first-order valence-corrected chi connectivity index (χ1v) is 11.0. The molecular weight excluding hydrogens is 408 g/mol. The first-order valence-electron chi connectivity index (χ1n) is 11.0. The Hall–Kier alpha value is -3.13. The third-order valence-corrected chi connectivity index (χ3v) is 5.69. The topological polar surface area (TPSA) is 101 Å². The predicted octanol–water partition coefficient (Wildman–Crippen LogP) is 4.27. The number of piperidine rings is 1. The number of aryl methyl sites for hydroxylation is 2. The van der Waals surface area contributed by atoms with Gasteiger partial charge in [0.15, 0.2) is 5.58 Å². The van der Waals surface area contributed by atoms with Crippen molar-refractivity contribution in [2.45, 2.75) is 39.2 Å². The Kier molecular flexibility index (Phi) is 8.44. The lowest BCUT2D eigenvalue weighted by Gasteiger charge is -2.29. The molecule has 32 heavy (non-hydrogen) atoms. The lowest BCUT2D eigenvalue weighted by atomic mass is 9.91. The van der Waals surface area contributed by atoms with Crippen molar-refractivity contribution in [3.63, 3.8) is 0 Å². The van der Waals surface area contributed by atoms with Crippen molar-refractivity contribution in [2.75, 3.05) is 27.2 Å². The van der Waals surface area contributed by atoms with E-state index in [1.54, 1.807) is 6.20 Å². The zero-order valence-corrected chi connectivity index (χ0v) is 19.0. The third-order valence-electron chi connectivity index (χ3n) is 5.69. The summed E-state index contributed by atoms with van der Waals surface area (Å²) in [4.78, 5) is 16.8. The molecule has 1 aliphatic rings. The van der Waals surface area contributed by atoms with Gasteiger partial charge in [-0.1, -0.05) is 11.2 Å². The maximum absolute atomic E-state index is 11.0. The van der Waals surface area contributed by atoms with Gasteiger partial charge in [0, 0.05) is 30.2 Å². The summed E-state index contributed by atoms with van der Waals surface area (Å²) in [6.07, 6.45) is 4.58. The van der Waals surface area contributed by atoms with Crippen molar-refractivity contribution < 1.29 is 19.2 Å². The highest BCUT2D eigenvalue weighted by molar-refractivity contribution is 5.84. The van der Waals surface area contributed by atoms with Crippen molar-refractivity contribution in [1.82, 2.24) is 20.4 Å². The number of benzene rings is 1. The summed E-state index contributed by atoms with van der Waals surface area (Å²) in [6.45, 7) is 3.63. The molecule has 1 fully saturated rings. The van der Waals surface area contributed by atoms with Gasteiger partial charge in [-0.15, -0.1) is 0 Å². The molecule has 0 atom stereocenters. The van der Waals surface area contributed by atoms with E-state index in [1.807, 2.05) is 51.4 Å². The van der Waals surface area contributed by atoms with Crippen LogP contribution in [0.15, 0.2) is 41.1 Å². The largest absolute Gasteiger partial charge is 0.487 e. The summed E-state index contributed by atoms with van der Waals surface area (Å²) in [6, 6.07) is 9.73. The number of nitrogens with one attached hydrogen (secondary N) is 1. The second kappa shape index (κ2) is 11.5. The van der Waals surface area contributed by atoms with Crippen LogP contribution in [0, 0.1) is 12.8 Å². The predicted molar refractivity (Wildman–Crippen MR) is 123 cm³/mol. The number of likely N-dealkylation sites (tertiary alicyclic amines) is 1. The number of rotatable bonds is 6. The van der Waals surface area contributed by atoms with Crippen LogP contribution in [-0.4, -0.2) is 53.4 Å². The summed E-state index contributed by atoms with van der Waals surface area (Å²) < 4.78 is 11.6. The Balaban J connectivity index is 0.000000913. The second-order valence-electron chi connectivity index (χ2n) is 8.06. The van der Waals surface area contributed by atoms with Crippen molar-refractivity contribution in [3.8, 4) is 5.75 Å². The number of carbonyl (C=O) groups is 1. The monoisotopic (exact) mass is 440 g/mol. The molecular formula is C24H32N4O4. The molecule has 0 unspecified atom stereocenters. The van der Waals surface area contributed by atoms with Crippen molar-refractivity contribution in [1.29, 1.82) is 0 Å². The number of hydrogen-bond acceptors (Lipinski definition) is 6. The van der Waals surface area contributed by atoms with Crippen LogP contribution in [-0.2, 0) is 13.0 Å². The Morgan fingerprint density at radius 1 is 1.25 bits per heavy atom. The van der Waals surface area contributed by atoms with E-state index < -0.39 is 6.09 Å². The zero-order chi connectivity index (χ0) is 22.9. The molecule has 3 heterocycles. The first-order chi connectivity index (χ1) is 15.5. The quantitative estimate of drug-likeness (QED) is 0.590. The van der Waals surface area contributed by atoms with Crippen LogP contribution in [0.3, 0.4) is 0 Å². The number of carboxylic acid groups (broad SMARTS) is 1. The minimum absolute atomic E-state index is 0.406. The number of nitrogens with zero attached hydrogens (tertiary/aromatic N) is 3. The van der Waals surface area contributed by atoms with Gasteiger partial charge >= 0.3 is 6.09 Å². The number of hydrogen-bond donors (Lipinski definition) is 2. The van der Waals surface area contributed by atoms with Crippen LogP contribution >= 0.6 is 0 Å². The standard InChI is InChI=1S/C22H25N3O4.C2H7N/c1-15-20(28-14-17-4-2-3-11-23-17)8-6-18-19(24-29-21(15)18)7-5-16-9-12-25(13-10-16)22(26)27;1-3-2/h2-4,6,8,11,16H,5,7,9-10,12-14H2,1H3,(H,26,27);3H,1-2H3. The van der Waals surface area contributed by atoms with Crippen molar-refractivity contribution in [2.24, 2.45) is 5.92 Å². The SMILES string of the molecule is CNC.Cc1c(OCc2ccccn2)ccc2c(CCC3CCN(C(=O)O)CC3)noc12. The lowest BCUT2D eigenvalue weighted by molar-refractivity contribution is 0.123. The molecule has 1 saturated heterocycles. The van der Waals surface area contributed by atoms with Gasteiger partial charge in [-0.2, -0.15) is 0 Å². The second-order valence-corrected chi connectivity index (χ2v) is 8.06. The fourth-order valence-electron chi connectivity index (χ4n) is 3.89. The number of ether oxygens (including phenoxy) is 1. The molecule has 0 saturated carbocycles. The molecule has 1 aromatic carbocycles. The Morgan fingerprint density at radius 3 is 2.66 bits per heavy atom. The fourth-order valence-corrected chi connectivity index (χ4v) is 3.89. The minimum atomic E-state index is -0.817. The Bertz CT molecular complexity index is 998. The molecule has 4 rings (SSSR count). The van der Waals surface area contributed by atoms with Crippen molar-refractivity contribution in [3.05, 3.63) is 53.5 Å². The van der Waals surface area contributed by atoms with E-state index in [9.17, 15) is 4.79 Å². The third kappa shape index (κ3) is 5.97. The van der Waals surface area contributed by atoms with Gasteiger partial charge < -0.3 is 24.6 Å². The highest BCUT2D eigenvalue weighted by atomic mass is 16.5. The summed E-state index contributed by atoms with van der Waals surface area (Å²) in [5.74, 6) is 1.30. The van der Waals surface area contributed by atoms with Gasteiger partial charge in [0.1, 0.15) is 12.4 Å². The van der Waals surface area contributed by atoms with Crippen LogP contribution in [0.25, 0.3) is 11.0 Å². The molecule has 2 N–H and O–H groups in total. The van der Waals surface area contributed by atoms with E-state index in [0.717, 1.165) is 59.4 Å². The summed E-state index contributed by atoms with van der Waals surface area (Å²) in [5.41, 5.74) is 3.53. The number of fused-ring (bicyclic) bond motifs is 1. The van der Waals surface area contributed by atoms with Crippen LogP contribution in [0.1, 0.15) is 36.2 Å². The summed E-state index contributed by atoms with van der Waals surface area (Å²) in [5, 5.41) is 17.1. The highest BCUT2D eigenvalue weighted by Gasteiger charge is 2.23. The zero-order valence-electron chi connectivity index (χ0n) is 19.0. The number of pyridine rings is 1. The van der Waals surface area contributed by atoms with Crippen LogP contribution in [0.5, 0.6) is 5.75 Å². The van der Waals surface area contributed by atoms with Crippen LogP contribution in [0.2, 0.25) is 0 Å². The average molecular weight is 441 g/mol. The molecule has 3 aromatic rings. The molecule has 0 spiro atoms. The maximum Gasteiger partial charge on any atom is 0.407 e. The fraction of sp³-hybridized carbons (Fsp3) is 0.458. The molecule has 1 aliphatic heterocycles. The maximum atomic E-state index is 11.0. The number of aromatic nitrogens is 2. The van der Waals surface area contributed by atoms with Gasteiger partial charge in [0.2, 0.25) is 0 Å². The van der Waals surface area contributed by atoms with Gasteiger partial charge in [-0.3, -0.25) is 4.98 Å². The molecule has 1 amide bonds. The van der Waals surface area contributed by atoms with E-state index in [2.05, 4.69) is 15.5 Å². The molecule has 0 radical (unpaired) electrons. The normalized spacial score (nSPS) is 14.2. The molecule has 8 nitrogen and oxygen atoms in total. The molecule has 2 aromatic heterocycles. The highest BCUT2D eigenvalue weighted by Crippen LogP contribution is 2.31. The van der Waals surface area contributed by atoms with E-state index in [4.69, 9.17) is 14.4 Å². The van der Waals surface area contributed by atoms with Gasteiger partial charge in [-0.05, 0) is 76.9 Å². The number of amides is 1. The summed E-state index contributed by atoms with van der Waals surface area (Å²) in [7, 11) is 3.75. The summed E-state index contributed by atoms with van der Waals surface area (Å²) >= 11 is 0. The average Bonchev–Trinajstić information content (AvgIpc) is 3.22. The van der Waals surface area contributed by atoms with Crippen molar-refractivity contribution >= 4 is 17.1 Å². The van der Waals surface area contributed by atoms with E-state index in [1.165, 1.54) is 4.90 Å². The van der Waals surface area contributed by atoms with Crippen LogP contribution < -0.4 is 10.1 Å². The lowest BCUT2D eigenvalue weighted by Crippen LogP contribution is -2.37. The molecule has 0 bridgehead atoms. The Morgan fingerprint density at radius 2 is 2.00 bits per heavy atom. The smallest absolute Gasteiger partial charge is 0.407 e. The Labute approximate surface area is 188 Å². The van der Waals surface area contributed by atoms with Gasteiger partial charge in [0.25, 0.3) is 0 Å². The minimum Gasteiger partial charge on any atom is -0.487 e. The van der Waals surface area contributed by atoms with E-state index in [-0.39, 0.29) is 0 Å². The van der Waals surface area contributed by atoms with Crippen LogP contribution in [0.4, 0.5) is 4.79 Å². The van der Waals surface area contributed by atoms with E-state index in [0.29, 0.717) is 25.6 Å². The van der Waals surface area contributed by atoms with Gasteiger partial charge in [-0.25, -0.2) is 4.79 Å². The molecule has 172 valence electrons. The van der Waals surface area contributed by atoms with E-state index >= 15 is 0 Å². The molecule has 8 heteroatoms. The molecule has 0 aliphatic carbocycles.